The number of cyclic esters (lactones) is 1. The van der Waals surface area contributed by atoms with Crippen LogP contribution in [0.3, 0.4) is 0 Å². The minimum atomic E-state index is -1.53. The molecule has 2 saturated carbocycles. The Morgan fingerprint density at radius 1 is 1.21 bits per heavy atom. The molecule has 4 heterocycles. The van der Waals surface area contributed by atoms with Crippen molar-refractivity contribution in [2.24, 2.45) is 34.0 Å². The third-order valence-corrected chi connectivity index (χ3v) is 11.3. The Morgan fingerprint density at radius 2 is 1.90 bits per heavy atom. The molecule has 2 bridgehead atoms. The number of esters is 3. The highest BCUT2D eigenvalue weighted by atomic mass is 16.6. The topological polar surface area (TPSA) is 139 Å². The van der Waals surface area contributed by atoms with E-state index in [1.807, 2.05) is 20.8 Å². The molecule has 10 heteroatoms. The van der Waals surface area contributed by atoms with Gasteiger partial charge in [-0.2, -0.15) is 0 Å². The average molecular weight is 587 g/mol. The van der Waals surface area contributed by atoms with Gasteiger partial charge in [0.15, 0.2) is 11.9 Å². The molecule has 1 spiro atoms. The molecule has 1 unspecified atom stereocenters. The van der Waals surface area contributed by atoms with Crippen LogP contribution in [-0.4, -0.2) is 59.8 Å². The number of ether oxygens (including phenoxy) is 4. The zero-order valence-electron chi connectivity index (χ0n) is 25.4. The minimum absolute atomic E-state index is 0.108. The fourth-order valence-corrected chi connectivity index (χ4v) is 8.46. The second kappa shape index (κ2) is 10.0. The van der Waals surface area contributed by atoms with Crippen molar-refractivity contribution < 1.29 is 47.6 Å². The predicted octanol–water partition coefficient (Wildman–Crippen LogP) is 4.10. The monoisotopic (exact) mass is 586 g/mol. The summed E-state index contributed by atoms with van der Waals surface area (Å²) in [5.74, 6) is -3.71. The third kappa shape index (κ3) is 3.97. The largest absolute Gasteiger partial charge is 0.472 e. The Labute approximate surface area is 246 Å². The summed E-state index contributed by atoms with van der Waals surface area (Å²) in [4.78, 5) is 53.8. The highest BCUT2D eigenvalue weighted by Crippen LogP contribution is 2.71. The number of rotatable bonds is 6. The Kier molecular flexibility index (Phi) is 7.29. The molecule has 5 fully saturated rings. The molecular formula is C32H42O10. The molecule has 2 aliphatic carbocycles. The van der Waals surface area contributed by atoms with Gasteiger partial charge in [0, 0.05) is 34.3 Å². The van der Waals surface area contributed by atoms with Crippen LogP contribution in [0, 0.1) is 34.0 Å². The van der Waals surface area contributed by atoms with E-state index in [0.717, 1.165) is 0 Å². The van der Waals surface area contributed by atoms with Crippen molar-refractivity contribution in [1.29, 1.82) is 0 Å². The van der Waals surface area contributed by atoms with Crippen LogP contribution < -0.4 is 0 Å². The molecular weight excluding hydrogens is 544 g/mol. The number of Topliss-reactive ketones (excluding diaryl/α,β-unsaturated/α-hetero) is 1. The first-order chi connectivity index (χ1) is 19.6. The zero-order valence-corrected chi connectivity index (χ0v) is 25.4. The van der Waals surface area contributed by atoms with Crippen LogP contribution in [0.2, 0.25) is 0 Å². The van der Waals surface area contributed by atoms with Crippen LogP contribution in [0.15, 0.2) is 35.2 Å². The van der Waals surface area contributed by atoms with Gasteiger partial charge in [-0.05, 0) is 30.2 Å². The first-order valence-corrected chi connectivity index (χ1v) is 14.7. The maximum atomic E-state index is 14.4. The summed E-state index contributed by atoms with van der Waals surface area (Å²) in [7, 11) is 1.29. The van der Waals surface area contributed by atoms with Gasteiger partial charge in [0.05, 0.1) is 38.1 Å². The number of furan rings is 1. The second-order valence-electron chi connectivity index (χ2n) is 13.7. The summed E-state index contributed by atoms with van der Waals surface area (Å²) >= 11 is 0. The molecule has 1 N–H and O–H groups in total. The van der Waals surface area contributed by atoms with E-state index < -0.39 is 81.9 Å². The van der Waals surface area contributed by atoms with Gasteiger partial charge in [-0.3, -0.25) is 19.2 Å². The molecule has 42 heavy (non-hydrogen) atoms. The SMILES string of the molecule is C=C1C(=O)[C@@H]2C[C@@]3(C)[C@H](c4ccoc4)OC(=O)C[C@]13O[C@H]1[C@@H](OC(=O)C(C)CC)[C@@H](O)C(C)(C)[C@H](CC(=O)OC)[C@@]21C. The van der Waals surface area contributed by atoms with E-state index in [0.29, 0.717) is 12.0 Å². The number of carbonyl (C=O) groups excluding carboxylic acids is 4. The summed E-state index contributed by atoms with van der Waals surface area (Å²) in [5, 5.41) is 11.9. The maximum absolute atomic E-state index is 14.4. The number of aliphatic hydroxyl groups excluding tert-OH is 1. The van der Waals surface area contributed by atoms with Crippen LogP contribution >= 0.6 is 0 Å². The molecule has 10 atom stereocenters. The molecule has 230 valence electrons. The van der Waals surface area contributed by atoms with Gasteiger partial charge in [0.2, 0.25) is 0 Å². The minimum Gasteiger partial charge on any atom is -0.472 e. The van der Waals surface area contributed by atoms with Gasteiger partial charge in [-0.1, -0.05) is 48.1 Å². The lowest BCUT2D eigenvalue weighted by Gasteiger charge is -2.60. The fourth-order valence-electron chi connectivity index (χ4n) is 8.46. The molecule has 3 aliphatic heterocycles. The molecule has 0 radical (unpaired) electrons. The van der Waals surface area contributed by atoms with Crippen molar-refractivity contribution in [3.8, 4) is 0 Å². The van der Waals surface area contributed by atoms with E-state index >= 15 is 0 Å². The molecule has 0 aromatic carbocycles. The van der Waals surface area contributed by atoms with Crippen LogP contribution in [0.1, 0.15) is 78.9 Å². The normalized spacial score (nSPS) is 41.2. The van der Waals surface area contributed by atoms with E-state index in [1.165, 1.54) is 19.6 Å². The Balaban J connectivity index is 1.76. The van der Waals surface area contributed by atoms with E-state index in [4.69, 9.17) is 23.4 Å². The smallest absolute Gasteiger partial charge is 0.309 e. The van der Waals surface area contributed by atoms with Gasteiger partial charge in [0.1, 0.15) is 17.8 Å². The van der Waals surface area contributed by atoms with Gasteiger partial charge in [-0.25, -0.2) is 0 Å². The van der Waals surface area contributed by atoms with Crippen molar-refractivity contribution in [2.45, 2.75) is 97.2 Å². The first-order valence-electron chi connectivity index (χ1n) is 14.7. The summed E-state index contributed by atoms with van der Waals surface area (Å²) in [5.41, 5.74) is -3.94. The predicted molar refractivity (Wildman–Crippen MR) is 147 cm³/mol. The highest BCUT2D eigenvalue weighted by molar-refractivity contribution is 6.02. The second-order valence-corrected chi connectivity index (χ2v) is 13.7. The van der Waals surface area contributed by atoms with Crippen LogP contribution in [0.4, 0.5) is 0 Å². The lowest BCUT2D eigenvalue weighted by atomic mass is 9.44. The summed E-state index contributed by atoms with van der Waals surface area (Å²) in [6.45, 7) is 15.2. The van der Waals surface area contributed by atoms with Crippen LogP contribution in [0.5, 0.6) is 0 Å². The number of hydrogen-bond acceptors (Lipinski definition) is 10. The summed E-state index contributed by atoms with van der Waals surface area (Å²) < 4.78 is 29.5. The number of fused-ring (bicyclic) bond motifs is 1. The Bertz CT molecular complexity index is 1300. The van der Waals surface area contributed by atoms with Gasteiger partial charge in [-0.15, -0.1) is 0 Å². The Morgan fingerprint density at radius 3 is 2.50 bits per heavy atom. The number of carbonyl (C=O) groups is 4. The number of hydrogen-bond donors (Lipinski definition) is 1. The molecule has 10 nitrogen and oxygen atoms in total. The highest BCUT2D eigenvalue weighted by Gasteiger charge is 2.77. The van der Waals surface area contributed by atoms with E-state index in [1.54, 1.807) is 26.8 Å². The molecule has 1 aromatic heterocycles. The number of aliphatic hydroxyl groups is 1. The van der Waals surface area contributed by atoms with Crippen LogP contribution in [0.25, 0.3) is 0 Å². The lowest BCUT2D eigenvalue weighted by molar-refractivity contribution is -0.281. The molecule has 5 aliphatic rings. The van der Waals surface area contributed by atoms with Gasteiger partial charge >= 0.3 is 17.9 Å². The van der Waals surface area contributed by atoms with Crippen molar-refractivity contribution in [3.05, 3.63) is 36.3 Å². The van der Waals surface area contributed by atoms with Crippen molar-refractivity contribution >= 4 is 23.7 Å². The first kappa shape index (κ1) is 30.5. The van der Waals surface area contributed by atoms with Gasteiger partial charge in [0.25, 0.3) is 0 Å². The molecule has 6 rings (SSSR count). The molecule has 1 aromatic rings. The third-order valence-electron chi connectivity index (χ3n) is 11.3. The number of methoxy groups -OCH3 is 1. The average Bonchev–Trinajstić information content (AvgIpc) is 3.44. The zero-order chi connectivity index (χ0) is 31.0. The molecule has 3 saturated heterocycles. The van der Waals surface area contributed by atoms with E-state index in [-0.39, 0.29) is 30.6 Å². The van der Waals surface area contributed by atoms with Crippen molar-refractivity contribution in [3.63, 3.8) is 0 Å². The number of ketones is 1. The standard InChI is InChI=1S/C32H42O10/c1-9-16(2)28(37)41-24-25(36)29(4,5)20(12-21(33)38-8)31(7)19-13-30(6)26(18-10-11-39-15-18)40-22(34)14-32(30,42-27(24)31)17(3)23(19)35/h10-11,15-16,19-20,24-27,36H,3,9,12-14H2,1-2,4-8H3/t16?,19-,20-,24-,25+,26-,27-,30-,31+,32-/m0/s1. The van der Waals surface area contributed by atoms with Crippen molar-refractivity contribution in [2.75, 3.05) is 7.11 Å². The lowest BCUT2D eigenvalue weighted by Crippen LogP contribution is -2.68. The quantitative estimate of drug-likeness (QED) is 0.294. The van der Waals surface area contributed by atoms with Gasteiger partial charge < -0.3 is 28.5 Å². The van der Waals surface area contributed by atoms with E-state index in [9.17, 15) is 24.3 Å². The Hall–Kier alpha value is -2.98. The van der Waals surface area contributed by atoms with Crippen LogP contribution in [-0.2, 0) is 38.1 Å². The van der Waals surface area contributed by atoms with E-state index in [2.05, 4.69) is 6.58 Å². The summed E-state index contributed by atoms with van der Waals surface area (Å²) in [6, 6.07) is 1.71. The summed E-state index contributed by atoms with van der Waals surface area (Å²) in [6.07, 6.45) is -0.981. The molecule has 0 amide bonds. The fraction of sp³-hybridized carbons (Fsp3) is 0.688. The van der Waals surface area contributed by atoms with Crippen molar-refractivity contribution in [1.82, 2.24) is 0 Å². The maximum Gasteiger partial charge on any atom is 0.309 e.